The van der Waals surface area contributed by atoms with E-state index in [9.17, 15) is 9.59 Å². The highest BCUT2D eigenvalue weighted by Gasteiger charge is 2.67. The summed E-state index contributed by atoms with van der Waals surface area (Å²) < 4.78 is 11.3. The van der Waals surface area contributed by atoms with Crippen LogP contribution in [0.4, 0.5) is 0 Å². The molecule has 2 fully saturated rings. The number of carbonyl (C=O) groups excluding carboxylic acids is 2. The molecule has 2 bridgehead atoms. The van der Waals surface area contributed by atoms with E-state index in [1.807, 2.05) is 30.9 Å². The second kappa shape index (κ2) is 4.83. The highest BCUT2D eigenvalue weighted by molar-refractivity contribution is 5.91. The van der Waals surface area contributed by atoms with E-state index >= 15 is 0 Å². The molecule has 3 heterocycles. The van der Waals surface area contributed by atoms with Gasteiger partial charge < -0.3 is 14.4 Å². The van der Waals surface area contributed by atoms with Gasteiger partial charge in [0.25, 0.3) is 0 Å². The van der Waals surface area contributed by atoms with Crippen molar-refractivity contribution in [3.05, 3.63) is 12.2 Å². The van der Waals surface area contributed by atoms with Crippen molar-refractivity contribution in [2.45, 2.75) is 45.5 Å². The maximum absolute atomic E-state index is 12.7. The van der Waals surface area contributed by atoms with Crippen LogP contribution < -0.4 is 0 Å². The molecule has 1 amide bonds. The molecule has 0 aromatic rings. The lowest BCUT2D eigenvalue weighted by Crippen LogP contribution is -2.40. The molecule has 0 N–H and O–H groups in total. The Morgan fingerprint density at radius 1 is 1.48 bits per heavy atom. The van der Waals surface area contributed by atoms with E-state index < -0.39 is 17.4 Å². The molecule has 2 unspecified atom stereocenters. The number of carbonyl (C=O) groups is 2. The van der Waals surface area contributed by atoms with E-state index in [2.05, 4.69) is 13.8 Å². The fourth-order valence-corrected chi connectivity index (χ4v) is 3.75. The summed E-state index contributed by atoms with van der Waals surface area (Å²) in [4.78, 5) is 26.9. The molecule has 0 aromatic carbocycles. The first-order chi connectivity index (χ1) is 9.84. The molecule has 3 rings (SSSR count). The maximum atomic E-state index is 12.7. The van der Waals surface area contributed by atoms with Crippen molar-refractivity contribution in [3.8, 4) is 0 Å². The van der Waals surface area contributed by atoms with E-state index in [4.69, 9.17) is 9.47 Å². The summed E-state index contributed by atoms with van der Waals surface area (Å²) in [6.45, 7) is 9.05. The molecule has 5 nitrogen and oxygen atoms in total. The number of fused-ring (bicyclic) bond motifs is 1. The lowest BCUT2D eigenvalue weighted by molar-refractivity contribution is -0.157. The molecular weight excluding hydrogens is 270 g/mol. The highest BCUT2D eigenvalue weighted by atomic mass is 16.6. The zero-order valence-corrected chi connectivity index (χ0v) is 13.0. The third-order valence-electron chi connectivity index (χ3n) is 4.39. The molecule has 0 aliphatic carbocycles. The van der Waals surface area contributed by atoms with Crippen molar-refractivity contribution in [1.82, 2.24) is 4.90 Å². The van der Waals surface area contributed by atoms with Crippen molar-refractivity contribution >= 4 is 11.9 Å². The fraction of sp³-hybridized carbons (Fsp3) is 0.750. The second-order valence-corrected chi connectivity index (χ2v) is 7.00. The minimum atomic E-state index is -0.614. The Hall–Kier alpha value is -1.36. The lowest BCUT2D eigenvalue weighted by atomic mass is 9.77. The SMILES string of the molecule is CC(C)CN1CC23C=C[C@@H](O2)C(C(=O)OC(C)C)[C@@H]3C1=O. The second-order valence-electron chi connectivity index (χ2n) is 7.00. The first kappa shape index (κ1) is 14.6. The van der Waals surface area contributed by atoms with Gasteiger partial charge in [0, 0.05) is 6.54 Å². The summed E-state index contributed by atoms with van der Waals surface area (Å²) in [6.07, 6.45) is 3.39. The van der Waals surface area contributed by atoms with Crippen LogP contribution in [0, 0.1) is 17.8 Å². The van der Waals surface area contributed by atoms with Gasteiger partial charge in [-0.1, -0.05) is 26.0 Å². The van der Waals surface area contributed by atoms with Crippen molar-refractivity contribution in [3.63, 3.8) is 0 Å². The van der Waals surface area contributed by atoms with Crippen LogP contribution in [-0.2, 0) is 19.1 Å². The largest absolute Gasteiger partial charge is 0.463 e. The molecule has 116 valence electrons. The molecule has 3 aliphatic heterocycles. The van der Waals surface area contributed by atoms with Gasteiger partial charge >= 0.3 is 5.97 Å². The Morgan fingerprint density at radius 2 is 2.19 bits per heavy atom. The first-order valence-corrected chi connectivity index (χ1v) is 7.70. The number of hydrogen-bond donors (Lipinski definition) is 0. The van der Waals surface area contributed by atoms with Gasteiger partial charge in [-0.05, 0) is 19.8 Å². The van der Waals surface area contributed by atoms with Crippen LogP contribution in [-0.4, -0.2) is 47.7 Å². The maximum Gasteiger partial charge on any atom is 0.313 e. The number of ether oxygens (including phenoxy) is 2. The van der Waals surface area contributed by atoms with Crippen LogP contribution in [0.2, 0.25) is 0 Å². The summed E-state index contributed by atoms with van der Waals surface area (Å²) in [5.41, 5.74) is -0.614. The van der Waals surface area contributed by atoms with E-state index in [1.165, 1.54) is 0 Å². The van der Waals surface area contributed by atoms with E-state index in [0.29, 0.717) is 19.0 Å². The molecule has 0 aromatic heterocycles. The summed E-state index contributed by atoms with van der Waals surface area (Å²) in [6, 6.07) is 0. The molecule has 1 spiro atoms. The van der Waals surface area contributed by atoms with Gasteiger partial charge in [-0.25, -0.2) is 0 Å². The molecule has 2 saturated heterocycles. The van der Waals surface area contributed by atoms with Gasteiger partial charge in [0.05, 0.1) is 24.7 Å². The van der Waals surface area contributed by atoms with Crippen LogP contribution in [0.15, 0.2) is 12.2 Å². The minimum absolute atomic E-state index is 0.0289. The fourth-order valence-electron chi connectivity index (χ4n) is 3.75. The molecule has 0 radical (unpaired) electrons. The number of esters is 1. The van der Waals surface area contributed by atoms with Crippen molar-refractivity contribution in [2.24, 2.45) is 17.8 Å². The Bertz CT molecular complexity index is 499. The Morgan fingerprint density at radius 3 is 2.81 bits per heavy atom. The first-order valence-electron chi connectivity index (χ1n) is 7.70. The zero-order valence-electron chi connectivity index (χ0n) is 13.0. The van der Waals surface area contributed by atoms with E-state index in [-0.39, 0.29) is 24.1 Å². The van der Waals surface area contributed by atoms with E-state index in [1.54, 1.807) is 0 Å². The van der Waals surface area contributed by atoms with Gasteiger partial charge in [0.1, 0.15) is 11.5 Å². The van der Waals surface area contributed by atoms with Crippen LogP contribution in [0.5, 0.6) is 0 Å². The summed E-state index contributed by atoms with van der Waals surface area (Å²) in [5.74, 6) is -0.807. The monoisotopic (exact) mass is 293 g/mol. The quantitative estimate of drug-likeness (QED) is 0.580. The average molecular weight is 293 g/mol. The smallest absolute Gasteiger partial charge is 0.313 e. The normalized spacial score (nSPS) is 37.0. The molecule has 21 heavy (non-hydrogen) atoms. The minimum Gasteiger partial charge on any atom is -0.463 e. The van der Waals surface area contributed by atoms with Gasteiger partial charge in [-0.2, -0.15) is 0 Å². The standard InChI is InChI=1S/C16H23NO4/c1-9(2)7-17-8-16-6-5-11(21-16)12(13(16)14(17)18)15(19)20-10(3)4/h5-6,9-13H,7-8H2,1-4H3/t11-,12?,13-,16?/m1/s1. The molecule has 0 saturated carbocycles. The molecule has 3 aliphatic rings. The molecule has 4 atom stereocenters. The van der Waals surface area contributed by atoms with E-state index in [0.717, 1.165) is 0 Å². The Balaban J connectivity index is 1.85. The van der Waals surface area contributed by atoms with Gasteiger partial charge in [-0.15, -0.1) is 0 Å². The predicted octanol–water partition coefficient (Wildman–Crippen LogP) is 1.38. The number of likely N-dealkylation sites (tertiary alicyclic amines) is 1. The zero-order chi connectivity index (χ0) is 15.4. The summed E-state index contributed by atoms with van der Waals surface area (Å²) in [5, 5.41) is 0. The van der Waals surface area contributed by atoms with Gasteiger partial charge in [0.15, 0.2) is 0 Å². The molecular formula is C16H23NO4. The van der Waals surface area contributed by atoms with Crippen LogP contribution in [0.25, 0.3) is 0 Å². The third-order valence-corrected chi connectivity index (χ3v) is 4.39. The average Bonchev–Trinajstić information content (AvgIpc) is 2.97. The summed E-state index contributed by atoms with van der Waals surface area (Å²) >= 11 is 0. The third kappa shape index (κ3) is 2.18. The lowest BCUT2D eigenvalue weighted by Gasteiger charge is -2.23. The van der Waals surface area contributed by atoms with Crippen molar-refractivity contribution in [1.29, 1.82) is 0 Å². The van der Waals surface area contributed by atoms with Crippen LogP contribution in [0.1, 0.15) is 27.7 Å². The van der Waals surface area contributed by atoms with Gasteiger partial charge in [0.2, 0.25) is 5.91 Å². The Kier molecular flexibility index (Phi) is 3.35. The van der Waals surface area contributed by atoms with Gasteiger partial charge in [-0.3, -0.25) is 9.59 Å². The predicted molar refractivity (Wildman–Crippen MR) is 76.4 cm³/mol. The number of rotatable bonds is 4. The Labute approximate surface area is 125 Å². The highest BCUT2D eigenvalue weighted by Crippen LogP contribution is 2.52. The van der Waals surface area contributed by atoms with Crippen molar-refractivity contribution < 1.29 is 19.1 Å². The topological polar surface area (TPSA) is 55.8 Å². The number of nitrogens with zero attached hydrogens (tertiary/aromatic N) is 1. The number of amides is 1. The number of hydrogen-bond acceptors (Lipinski definition) is 4. The summed E-state index contributed by atoms with van der Waals surface area (Å²) in [7, 11) is 0. The van der Waals surface area contributed by atoms with Crippen LogP contribution >= 0.6 is 0 Å². The van der Waals surface area contributed by atoms with Crippen molar-refractivity contribution in [2.75, 3.05) is 13.1 Å². The van der Waals surface area contributed by atoms with Crippen LogP contribution in [0.3, 0.4) is 0 Å². The molecule has 5 heteroatoms.